The summed E-state index contributed by atoms with van der Waals surface area (Å²) < 4.78 is 64.8. The highest BCUT2D eigenvalue weighted by molar-refractivity contribution is 6.04. The number of carbonyl (C=O) groups excluding carboxylic acids is 3. The number of amides is 3. The molecule has 412 valence electrons. The molecule has 7 fully saturated rings. The molecule has 7 aliphatic heterocycles. The van der Waals surface area contributed by atoms with Crippen LogP contribution in [0.1, 0.15) is 100 Å². The number of nitrogens with one attached hydrogen (secondary N) is 2. The number of piperazine rings is 1. The molecular weight excluding hydrogens is 1010 g/mol. The van der Waals surface area contributed by atoms with Crippen LogP contribution in [0.25, 0.3) is 43.8 Å². The number of carbonyl (C=O) groups is 3. The number of piperidine rings is 3. The van der Waals surface area contributed by atoms with Crippen LogP contribution in [0.15, 0.2) is 59.4 Å². The minimum atomic E-state index is -0.906. The van der Waals surface area contributed by atoms with E-state index in [9.17, 15) is 19.2 Å². The molecule has 0 spiro atoms. The molecule has 4 aromatic carbocycles. The number of fused-ring (bicyclic) bond motifs is 6. The van der Waals surface area contributed by atoms with E-state index in [1.165, 1.54) is 22.3 Å². The summed E-state index contributed by atoms with van der Waals surface area (Å²) in [5.74, 6) is 0.488. The van der Waals surface area contributed by atoms with Gasteiger partial charge in [-0.15, -0.1) is 6.42 Å². The van der Waals surface area contributed by atoms with Crippen molar-refractivity contribution >= 4 is 56.4 Å². The average molecular weight is 1080 g/mol. The van der Waals surface area contributed by atoms with Crippen molar-refractivity contribution < 1.29 is 37.0 Å². The van der Waals surface area contributed by atoms with Crippen molar-refractivity contribution in [1.82, 2.24) is 44.4 Å². The number of rotatable bonds is 11. The molecule has 7 saturated heterocycles. The van der Waals surface area contributed by atoms with E-state index in [2.05, 4.69) is 48.4 Å². The Hall–Kier alpha value is -7.01. The maximum atomic E-state index is 17.3. The molecule has 9 heterocycles. The van der Waals surface area contributed by atoms with Crippen LogP contribution < -0.4 is 26.0 Å². The third-order valence-electron chi connectivity index (χ3n) is 18.8. The summed E-state index contributed by atoms with van der Waals surface area (Å²) in [5, 5.41) is 7.03. The van der Waals surface area contributed by atoms with Gasteiger partial charge in [-0.05, 0) is 143 Å². The Bertz CT molecular complexity index is 3530. The highest BCUT2D eigenvalue weighted by Gasteiger charge is 2.50. The lowest BCUT2D eigenvalue weighted by Gasteiger charge is -2.38. The smallest absolute Gasteiger partial charge is 0.409 e. The largest absolute Gasteiger partial charge is 0.461 e. The van der Waals surface area contributed by atoms with E-state index in [4.69, 9.17) is 20.9 Å². The number of ether oxygens (including phenoxy) is 2. The average Bonchev–Trinajstić information content (AvgIpc) is 4.35. The number of hydrogen-bond acceptors (Lipinski definition) is 12. The molecule has 2 N–H and O–H groups in total. The summed E-state index contributed by atoms with van der Waals surface area (Å²) in [6, 6.07) is 14.9. The number of anilines is 1. The first-order chi connectivity index (χ1) is 38.3. The number of imide groups is 1. The molecule has 0 saturated carbocycles. The van der Waals surface area contributed by atoms with E-state index in [-0.39, 0.29) is 100.0 Å². The highest BCUT2D eigenvalue weighted by atomic mass is 19.1. The number of aromatic nitrogens is 4. The second-order valence-electron chi connectivity index (χ2n) is 23.3. The molecule has 2 aromatic heterocycles. The van der Waals surface area contributed by atoms with Gasteiger partial charge in [0.05, 0.1) is 27.7 Å². The van der Waals surface area contributed by atoms with E-state index in [1.54, 1.807) is 35.9 Å². The zero-order valence-electron chi connectivity index (χ0n) is 44.5. The fourth-order valence-electron chi connectivity index (χ4n) is 14.6. The van der Waals surface area contributed by atoms with Gasteiger partial charge in [0.15, 0.2) is 5.82 Å². The van der Waals surface area contributed by atoms with Gasteiger partial charge in [0.2, 0.25) is 11.8 Å². The first kappa shape index (κ1) is 51.4. The Morgan fingerprint density at radius 1 is 0.861 bits per heavy atom. The third-order valence-corrected chi connectivity index (χ3v) is 18.8. The van der Waals surface area contributed by atoms with E-state index < -0.39 is 29.4 Å². The number of nitrogens with zero attached hydrogens (tertiary/aromatic N) is 8. The number of imidazole rings is 1. The summed E-state index contributed by atoms with van der Waals surface area (Å²) in [6.45, 7) is 6.75. The van der Waals surface area contributed by atoms with E-state index >= 15 is 13.2 Å². The number of hydrogen-bond donors (Lipinski definition) is 2. The standard InChI is InChI=1S/C60H65F3N10O6/c1-3-42-45(61)12-8-37-6-4-7-43(51(37)42)52-46(62)29-44-54(53(52)63)66-57(67-55(44)71-31-39-10-11-40(32-71)64-39)79-34-60-21-5-23-72(60)41(16-22-60)33-78-59(77)70-26-17-35(18-27-70)30-69-24-19-36(20-25-69)38-9-13-47-49(28-38)68(2)58(76)73(47)48-14-15-50(74)65-56(48)75/h1,4,6-9,12-13,28-29,35-36,39-41,48,64H,5,10-11,14-27,30-34H2,2H3,(H,65,74,75)/t39-,40+,41-,48?,60-/m0/s1. The van der Waals surface area contributed by atoms with Crippen molar-refractivity contribution in [2.24, 2.45) is 13.0 Å². The fourth-order valence-corrected chi connectivity index (χ4v) is 14.6. The molecule has 7 aliphatic rings. The van der Waals surface area contributed by atoms with Crippen LogP contribution in [0.4, 0.5) is 23.8 Å². The Morgan fingerprint density at radius 2 is 1.66 bits per heavy atom. The van der Waals surface area contributed by atoms with Crippen LogP contribution in [-0.4, -0.2) is 141 Å². The van der Waals surface area contributed by atoms with Crippen LogP contribution in [-0.2, 0) is 21.4 Å². The number of halogens is 3. The summed E-state index contributed by atoms with van der Waals surface area (Å²) in [6.07, 6.45) is 15.2. The molecule has 5 atom stereocenters. The molecule has 3 amide bonds. The Labute approximate surface area is 455 Å². The van der Waals surface area contributed by atoms with Crippen LogP contribution in [0.2, 0.25) is 0 Å². The van der Waals surface area contributed by atoms with Crippen molar-refractivity contribution in [2.45, 2.75) is 113 Å². The van der Waals surface area contributed by atoms with Gasteiger partial charge in [-0.2, -0.15) is 9.97 Å². The topological polar surface area (TPSA) is 159 Å². The van der Waals surface area contributed by atoms with Crippen LogP contribution in [0.5, 0.6) is 6.01 Å². The first-order valence-electron chi connectivity index (χ1n) is 28.3. The second-order valence-corrected chi connectivity index (χ2v) is 23.3. The lowest BCUT2D eigenvalue weighted by Crippen LogP contribution is -2.51. The van der Waals surface area contributed by atoms with E-state index in [0.29, 0.717) is 61.2 Å². The molecule has 0 radical (unpaired) electrons. The fraction of sp³-hybridized carbons (Fsp3) is 0.500. The van der Waals surface area contributed by atoms with Gasteiger partial charge in [0.25, 0.3) is 0 Å². The predicted molar refractivity (Wildman–Crippen MR) is 292 cm³/mol. The van der Waals surface area contributed by atoms with Gasteiger partial charge in [0.1, 0.15) is 42.2 Å². The van der Waals surface area contributed by atoms with Crippen LogP contribution >= 0.6 is 0 Å². The molecule has 13 rings (SSSR count). The quantitative estimate of drug-likeness (QED) is 0.0973. The molecule has 79 heavy (non-hydrogen) atoms. The predicted octanol–water partition coefficient (Wildman–Crippen LogP) is 7.52. The zero-order valence-corrected chi connectivity index (χ0v) is 44.5. The van der Waals surface area contributed by atoms with Gasteiger partial charge < -0.3 is 29.5 Å². The lowest BCUT2D eigenvalue weighted by atomic mass is 9.88. The van der Waals surface area contributed by atoms with Crippen LogP contribution in [0, 0.1) is 35.7 Å². The zero-order chi connectivity index (χ0) is 54.3. The van der Waals surface area contributed by atoms with Crippen molar-refractivity contribution in [2.75, 3.05) is 70.5 Å². The minimum absolute atomic E-state index is 0.00674. The number of benzene rings is 4. The molecule has 2 bridgehead atoms. The minimum Gasteiger partial charge on any atom is -0.461 e. The third kappa shape index (κ3) is 9.26. The summed E-state index contributed by atoms with van der Waals surface area (Å²) in [5.41, 5.74) is 1.66. The molecular formula is C60H65F3N10O6. The number of likely N-dealkylation sites (tertiary alicyclic amines) is 2. The molecule has 6 aromatic rings. The van der Waals surface area contributed by atoms with Gasteiger partial charge >= 0.3 is 17.8 Å². The summed E-state index contributed by atoms with van der Waals surface area (Å²) in [4.78, 5) is 69.9. The van der Waals surface area contributed by atoms with E-state index in [1.807, 2.05) is 11.0 Å². The van der Waals surface area contributed by atoms with Gasteiger partial charge in [-0.3, -0.25) is 28.9 Å². The van der Waals surface area contributed by atoms with Crippen molar-refractivity contribution in [3.8, 4) is 29.5 Å². The Balaban J connectivity index is 0.631. The SMILES string of the molecule is C#Cc1c(F)ccc2cccc(-c3c(F)cc4c(N5C[C@H]6CC[C@@H](C5)N6)nc(OC[C@@]56CCCN5[C@H](COC(=O)N5CCC(CN7CCC(c8ccc9c(c8)n(C)c(=O)n9C8CCC(=O)NC8=O)CC7)CC5)CC6)nc4c3F)c12. The highest BCUT2D eigenvalue weighted by Crippen LogP contribution is 2.45. The van der Waals surface area contributed by atoms with Crippen LogP contribution in [0.3, 0.4) is 0 Å². The number of terminal acetylenes is 1. The van der Waals surface area contributed by atoms with Crippen molar-refractivity contribution in [3.05, 3.63) is 93.7 Å². The van der Waals surface area contributed by atoms with E-state index in [0.717, 1.165) is 95.9 Å². The molecule has 1 unspecified atom stereocenters. The Kier molecular flexibility index (Phi) is 13.4. The van der Waals surface area contributed by atoms with Gasteiger partial charge in [-0.25, -0.2) is 22.8 Å². The molecule has 16 nitrogen and oxygen atoms in total. The monoisotopic (exact) mass is 1080 g/mol. The van der Waals surface area contributed by atoms with Gasteiger partial charge in [0, 0.05) is 75.1 Å². The first-order valence-corrected chi connectivity index (χ1v) is 28.3. The second kappa shape index (κ2) is 20.6. The van der Waals surface area contributed by atoms with Crippen molar-refractivity contribution in [1.29, 1.82) is 0 Å². The molecule has 19 heteroatoms. The summed E-state index contributed by atoms with van der Waals surface area (Å²) >= 11 is 0. The maximum Gasteiger partial charge on any atom is 0.409 e. The number of aryl methyl sites for hydroxylation is 1. The van der Waals surface area contributed by atoms with Gasteiger partial charge in [-0.1, -0.05) is 36.3 Å². The van der Waals surface area contributed by atoms with Crippen molar-refractivity contribution in [3.63, 3.8) is 0 Å². The molecule has 0 aliphatic carbocycles. The lowest BCUT2D eigenvalue weighted by molar-refractivity contribution is -0.135. The normalized spacial score (nSPS) is 25.2. The Morgan fingerprint density at radius 3 is 2.43 bits per heavy atom. The summed E-state index contributed by atoms with van der Waals surface area (Å²) in [7, 11) is 1.73. The maximum absolute atomic E-state index is 17.3.